The van der Waals surface area contributed by atoms with Gasteiger partial charge in [0.05, 0.1) is 38.9 Å². The van der Waals surface area contributed by atoms with Crippen molar-refractivity contribution >= 4 is 29.4 Å². The summed E-state index contributed by atoms with van der Waals surface area (Å²) in [5.74, 6) is -0.631. The molecule has 0 fully saturated rings. The number of hydrogen-bond acceptors (Lipinski definition) is 8. The molecule has 42 heavy (non-hydrogen) atoms. The first kappa shape index (κ1) is 39.9. The van der Waals surface area contributed by atoms with Gasteiger partial charge in [-0.1, -0.05) is 88.6 Å². The predicted octanol–water partition coefficient (Wildman–Crippen LogP) is 7.54. The van der Waals surface area contributed by atoms with E-state index in [2.05, 4.69) is 28.1 Å². The third-order valence-electron chi connectivity index (χ3n) is 5.32. The van der Waals surface area contributed by atoms with Crippen molar-refractivity contribution in [2.24, 2.45) is 0 Å². The van der Waals surface area contributed by atoms with Gasteiger partial charge in [0.25, 0.3) is 0 Å². The van der Waals surface area contributed by atoms with Crippen LogP contribution >= 0.6 is 0 Å². The summed E-state index contributed by atoms with van der Waals surface area (Å²) < 4.78 is 13.5. The minimum atomic E-state index is -0.400. The molecule has 0 aliphatic heterocycles. The molecule has 0 spiro atoms. The van der Waals surface area contributed by atoms with E-state index < -0.39 is 5.97 Å². The standard InChI is InChI=1S/C10H18O2.C8H9NO2.C8H8O2.C8H14O/c1-3-4-5-6-7-8-9-10(11)12-2;1-11-8(10)6-4-2-3-5-7(6)9;1-10-8(9)7-5-3-2-4-6-7;1-3-5-6-7-8(9)4-2/h7-8H,3-6,9H2,1-2H3;2-5H,9H2,1H3;2-6H,1H3;6-7H,3-5H2,1-2H3. The molecular formula is C34H49NO7. The number of anilines is 1. The maximum atomic E-state index is 10.9. The van der Waals surface area contributed by atoms with Gasteiger partial charge in [0.1, 0.15) is 0 Å². The van der Waals surface area contributed by atoms with E-state index in [1.54, 1.807) is 54.6 Å². The lowest BCUT2D eigenvalue weighted by Crippen LogP contribution is -2.04. The van der Waals surface area contributed by atoms with E-state index in [9.17, 15) is 19.2 Å². The summed E-state index contributed by atoms with van der Waals surface area (Å²) in [6.07, 6.45) is 15.5. The molecular weight excluding hydrogens is 534 g/mol. The van der Waals surface area contributed by atoms with Gasteiger partial charge in [0, 0.05) is 12.1 Å². The van der Waals surface area contributed by atoms with Crippen LogP contribution in [0.4, 0.5) is 5.69 Å². The average Bonchev–Trinajstić information content (AvgIpc) is 3.03. The Bertz CT molecular complexity index is 1060. The van der Waals surface area contributed by atoms with E-state index in [-0.39, 0.29) is 17.7 Å². The Morgan fingerprint density at radius 2 is 1.31 bits per heavy atom. The van der Waals surface area contributed by atoms with Crippen LogP contribution in [-0.4, -0.2) is 45.0 Å². The smallest absolute Gasteiger partial charge is 0.339 e. The highest BCUT2D eigenvalue weighted by Gasteiger charge is 2.06. The molecule has 2 N–H and O–H groups in total. The Kier molecular flexibility index (Phi) is 26.9. The van der Waals surface area contributed by atoms with Crippen LogP contribution in [0.5, 0.6) is 0 Å². The summed E-state index contributed by atoms with van der Waals surface area (Å²) in [6.45, 7) is 6.15. The van der Waals surface area contributed by atoms with Crippen molar-refractivity contribution in [3.63, 3.8) is 0 Å². The number of hydrogen-bond donors (Lipinski definition) is 1. The third-order valence-corrected chi connectivity index (χ3v) is 5.32. The second-order valence-corrected chi connectivity index (χ2v) is 8.69. The van der Waals surface area contributed by atoms with E-state index in [0.717, 1.165) is 19.3 Å². The fourth-order valence-corrected chi connectivity index (χ4v) is 2.88. The second-order valence-electron chi connectivity index (χ2n) is 8.69. The van der Waals surface area contributed by atoms with Crippen LogP contribution in [0.25, 0.3) is 0 Å². The highest BCUT2D eigenvalue weighted by Crippen LogP contribution is 2.10. The minimum absolute atomic E-state index is 0.165. The summed E-state index contributed by atoms with van der Waals surface area (Å²) in [6, 6.07) is 15.7. The van der Waals surface area contributed by atoms with Crippen molar-refractivity contribution in [1.82, 2.24) is 0 Å². The maximum Gasteiger partial charge on any atom is 0.339 e. The van der Waals surface area contributed by atoms with Crippen LogP contribution in [0, 0.1) is 0 Å². The van der Waals surface area contributed by atoms with Gasteiger partial charge in [-0.15, -0.1) is 0 Å². The fourth-order valence-electron chi connectivity index (χ4n) is 2.88. The number of rotatable bonds is 12. The van der Waals surface area contributed by atoms with E-state index in [1.807, 2.05) is 31.2 Å². The van der Waals surface area contributed by atoms with Crippen molar-refractivity contribution in [3.05, 3.63) is 90.0 Å². The number of para-hydroxylation sites is 1. The van der Waals surface area contributed by atoms with Crippen molar-refractivity contribution in [1.29, 1.82) is 0 Å². The molecule has 2 rings (SSSR count). The number of methoxy groups -OCH3 is 3. The minimum Gasteiger partial charge on any atom is -0.469 e. The number of carbonyl (C=O) groups is 4. The Morgan fingerprint density at radius 3 is 1.83 bits per heavy atom. The summed E-state index contributed by atoms with van der Waals surface area (Å²) >= 11 is 0. The molecule has 8 nitrogen and oxygen atoms in total. The zero-order valence-corrected chi connectivity index (χ0v) is 26.1. The highest BCUT2D eigenvalue weighted by molar-refractivity contribution is 5.94. The molecule has 2 aromatic rings. The average molecular weight is 584 g/mol. The number of nitrogens with two attached hydrogens (primary N) is 1. The summed E-state index contributed by atoms with van der Waals surface area (Å²) in [5.41, 5.74) is 6.94. The van der Waals surface area contributed by atoms with Crippen LogP contribution in [0.15, 0.2) is 78.9 Å². The van der Waals surface area contributed by atoms with Crippen molar-refractivity contribution in [2.75, 3.05) is 27.1 Å². The Balaban J connectivity index is 0. The lowest BCUT2D eigenvalue weighted by Gasteiger charge is -2.00. The molecule has 0 aliphatic carbocycles. The number of nitrogen functional groups attached to an aromatic ring is 1. The van der Waals surface area contributed by atoms with Crippen LogP contribution in [0.1, 0.15) is 92.9 Å². The number of esters is 3. The number of unbranched alkanes of at least 4 members (excludes halogenated alkanes) is 4. The monoisotopic (exact) mass is 583 g/mol. The molecule has 0 saturated heterocycles. The summed E-state index contributed by atoms with van der Waals surface area (Å²) in [7, 11) is 4.11. The van der Waals surface area contributed by atoms with Gasteiger partial charge in [0.15, 0.2) is 5.78 Å². The fraction of sp³-hybridized carbons (Fsp3) is 0.412. The number of benzene rings is 2. The topological polar surface area (TPSA) is 122 Å². The van der Waals surface area contributed by atoms with Crippen LogP contribution in [0.2, 0.25) is 0 Å². The Morgan fingerprint density at radius 1 is 0.690 bits per heavy atom. The zero-order valence-electron chi connectivity index (χ0n) is 26.1. The quantitative estimate of drug-likeness (QED) is 0.0679. The molecule has 0 atom stereocenters. The van der Waals surface area contributed by atoms with Gasteiger partial charge in [-0.3, -0.25) is 9.59 Å². The van der Waals surface area contributed by atoms with Crippen LogP contribution in [-0.2, 0) is 23.8 Å². The number of ether oxygens (including phenoxy) is 3. The summed E-state index contributed by atoms with van der Waals surface area (Å²) in [5, 5.41) is 0. The van der Waals surface area contributed by atoms with Crippen molar-refractivity contribution < 1.29 is 33.4 Å². The van der Waals surface area contributed by atoms with Crippen LogP contribution in [0.3, 0.4) is 0 Å². The Labute approximate surface area is 251 Å². The number of ketones is 1. The van der Waals surface area contributed by atoms with E-state index in [0.29, 0.717) is 29.7 Å². The molecule has 0 bridgehead atoms. The molecule has 0 saturated carbocycles. The lowest BCUT2D eigenvalue weighted by molar-refractivity contribution is -0.139. The van der Waals surface area contributed by atoms with E-state index in [4.69, 9.17) is 5.73 Å². The number of allylic oxidation sites excluding steroid dienone is 3. The van der Waals surface area contributed by atoms with Gasteiger partial charge in [-0.25, -0.2) is 9.59 Å². The van der Waals surface area contributed by atoms with Gasteiger partial charge >= 0.3 is 17.9 Å². The largest absolute Gasteiger partial charge is 0.469 e. The van der Waals surface area contributed by atoms with Gasteiger partial charge in [-0.05, 0) is 49.6 Å². The van der Waals surface area contributed by atoms with E-state index in [1.165, 1.54) is 40.6 Å². The molecule has 0 unspecified atom stereocenters. The van der Waals surface area contributed by atoms with Crippen molar-refractivity contribution in [3.8, 4) is 0 Å². The van der Waals surface area contributed by atoms with E-state index >= 15 is 0 Å². The lowest BCUT2D eigenvalue weighted by atomic mass is 10.2. The second kappa shape index (κ2) is 28.3. The molecule has 0 radical (unpaired) electrons. The number of carbonyl (C=O) groups excluding carboxylic acids is 4. The zero-order chi connectivity index (χ0) is 32.0. The maximum absolute atomic E-state index is 10.9. The molecule has 2 aromatic carbocycles. The molecule has 0 amide bonds. The molecule has 8 heteroatoms. The predicted molar refractivity (Wildman–Crippen MR) is 169 cm³/mol. The first-order valence-electron chi connectivity index (χ1n) is 14.2. The molecule has 0 aliphatic rings. The van der Waals surface area contributed by atoms with Crippen molar-refractivity contribution in [2.45, 2.75) is 72.1 Å². The first-order chi connectivity index (χ1) is 20.2. The molecule has 0 heterocycles. The SMILES string of the molecule is CCCC=CC(=O)CC.CCCCCC=CCC(=O)OC.COC(=O)c1ccccc1.COC(=O)c1ccccc1N. The highest BCUT2D eigenvalue weighted by atomic mass is 16.5. The summed E-state index contributed by atoms with van der Waals surface area (Å²) in [4.78, 5) is 43.0. The molecule has 232 valence electrons. The first-order valence-corrected chi connectivity index (χ1v) is 14.2. The van der Waals surface area contributed by atoms with Gasteiger partial charge in [0.2, 0.25) is 0 Å². The van der Waals surface area contributed by atoms with Gasteiger partial charge in [-0.2, -0.15) is 0 Å². The van der Waals surface area contributed by atoms with Gasteiger partial charge < -0.3 is 19.9 Å². The molecule has 0 aromatic heterocycles. The normalized spacial score (nSPS) is 9.76. The third kappa shape index (κ3) is 22.6. The van der Waals surface area contributed by atoms with Crippen LogP contribution < -0.4 is 5.73 Å². The Hall–Kier alpha value is -4.20.